The number of anilines is 1. The molecule has 1 saturated heterocycles. The highest BCUT2D eigenvalue weighted by Crippen LogP contribution is 2.16. The van der Waals surface area contributed by atoms with Crippen LogP contribution in [0.25, 0.3) is 0 Å². The van der Waals surface area contributed by atoms with Crippen molar-refractivity contribution in [3.63, 3.8) is 0 Å². The van der Waals surface area contributed by atoms with Crippen LogP contribution in [0.4, 0.5) is 10.2 Å². The zero-order chi connectivity index (χ0) is 14.5. The van der Waals surface area contributed by atoms with Crippen molar-refractivity contribution >= 4 is 5.82 Å². The highest BCUT2D eigenvalue weighted by molar-refractivity contribution is 5.31. The van der Waals surface area contributed by atoms with Crippen LogP contribution in [0.15, 0.2) is 42.9 Å². The van der Waals surface area contributed by atoms with Gasteiger partial charge in [-0.05, 0) is 37.1 Å². The molecule has 110 valence electrons. The lowest BCUT2D eigenvalue weighted by Gasteiger charge is -2.33. The molecule has 0 saturated carbocycles. The van der Waals surface area contributed by atoms with Gasteiger partial charge in [0.2, 0.25) is 0 Å². The van der Waals surface area contributed by atoms with E-state index in [4.69, 9.17) is 0 Å². The standard InChI is InChI=1S/C16H19FN4/c17-14-5-3-13(4-6-14)11-21-9-1-2-15(12-21)20-16-10-18-7-8-19-16/h3-8,10,15H,1-2,9,11-12H2,(H,19,20)/t15-/m0/s1. The van der Waals surface area contributed by atoms with E-state index in [1.807, 2.05) is 12.1 Å². The maximum Gasteiger partial charge on any atom is 0.144 e. The summed E-state index contributed by atoms with van der Waals surface area (Å²) in [6, 6.07) is 7.14. The Morgan fingerprint density at radius 3 is 2.86 bits per heavy atom. The first-order chi connectivity index (χ1) is 10.3. The van der Waals surface area contributed by atoms with E-state index >= 15 is 0 Å². The topological polar surface area (TPSA) is 41.0 Å². The molecule has 1 aromatic carbocycles. The molecular formula is C16H19FN4. The normalized spacial score (nSPS) is 19.4. The molecule has 1 atom stereocenters. The van der Waals surface area contributed by atoms with Gasteiger partial charge in [0, 0.05) is 31.5 Å². The summed E-state index contributed by atoms with van der Waals surface area (Å²) < 4.78 is 12.9. The van der Waals surface area contributed by atoms with Gasteiger partial charge in [0.25, 0.3) is 0 Å². The summed E-state index contributed by atoms with van der Waals surface area (Å²) in [5.41, 5.74) is 1.15. The third kappa shape index (κ3) is 3.98. The first-order valence-corrected chi connectivity index (χ1v) is 7.29. The van der Waals surface area contributed by atoms with Crippen LogP contribution in [0.2, 0.25) is 0 Å². The van der Waals surface area contributed by atoms with Crippen molar-refractivity contribution in [1.82, 2.24) is 14.9 Å². The summed E-state index contributed by atoms with van der Waals surface area (Å²) in [7, 11) is 0. The second-order valence-electron chi connectivity index (χ2n) is 5.44. The van der Waals surface area contributed by atoms with E-state index in [2.05, 4.69) is 20.2 Å². The summed E-state index contributed by atoms with van der Waals surface area (Å²) >= 11 is 0. The Morgan fingerprint density at radius 1 is 1.24 bits per heavy atom. The van der Waals surface area contributed by atoms with E-state index in [-0.39, 0.29) is 5.82 Å². The second-order valence-corrected chi connectivity index (χ2v) is 5.44. The van der Waals surface area contributed by atoms with Gasteiger partial charge in [-0.2, -0.15) is 0 Å². The third-order valence-corrected chi connectivity index (χ3v) is 3.74. The molecular weight excluding hydrogens is 267 g/mol. The summed E-state index contributed by atoms with van der Waals surface area (Å²) in [6.45, 7) is 2.91. The first kappa shape index (κ1) is 13.9. The van der Waals surface area contributed by atoms with Gasteiger partial charge in [-0.15, -0.1) is 0 Å². The molecule has 5 heteroatoms. The zero-order valence-corrected chi connectivity index (χ0v) is 11.9. The molecule has 21 heavy (non-hydrogen) atoms. The lowest BCUT2D eigenvalue weighted by molar-refractivity contribution is 0.208. The van der Waals surface area contributed by atoms with Crippen molar-refractivity contribution in [3.8, 4) is 0 Å². The Balaban J connectivity index is 1.57. The van der Waals surface area contributed by atoms with Crippen LogP contribution >= 0.6 is 0 Å². The summed E-state index contributed by atoms with van der Waals surface area (Å²) in [6.07, 6.45) is 7.41. The molecule has 1 N–H and O–H groups in total. The summed E-state index contributed by atoms with van der Waals surface area (Å²) in [4.78, 5) is 10.7. The molecule has 1 aromatic heterocycles. The average molecular weight is 286 g/mol. The molecule has 2 aromatic rings. The zero-order valence-electron chi connectivity index (χ0n) is 11.9. The Labute approximate surface area is 124 Å². The van der Waals surface area contributed by atoms with Crippen molar-refractivity contribution < 1.29 is 4.39 Å². The second kappa shape index (κ2) is 6.63. The van der Waals surface area contributed by atoms with Gasteiger partial charge in [-0.1, -0.05) is 12.1 Å². The van der Waals surface area contributed by atoms with Crippen LogP contribution in [-0.2, 0) is 6.54 Å². The first-order valence-electron chi connectivity index (χ1n) is 7.29. The predicted octanol–water partition coefficient (Wildman–Crippen LogP) is 2.69. The minimum atomic E-state index is -0.181. The summed E-state index contributed by atoms with van der Waals surface area (Å²) in [5.74, 6) is 0.644. The minimum Gasteiger partial charge on any atom is -0.365 e. The number of aromatic nitrogens is 2. The van der Waals surface area contributed by atoms with Crippen LogP contribution in [0.5, 0.6) is 0 Å². The van der Waals surface area contributed by atoms with Crippen molar-refractivity contribution in [2.75, 3.05) is 18.4 Å². The van der Waals surface area contributed by atoms with Crippen molar-refractivity contribution in [1.29, 1.82) is 0 Å². The van der Waals surface area contributed by atoms with Crippen molar-refractivity contribution in [2.45, 2.75) is 25.4 Å². The SMILES string of the molecule is Fc1ccc(CN2CCC[C@H](Nc3cnccn3)C2)cc1. The Kier molecular flexibility index (Phi) is 4.40. The molecule has 3 rings (SSSR count). The van der Waals surface area contributed by atoms with Crippen molar-refractivity contribution in [2.24, 2.45) is 0 Å². The highest BCUT2D eigenvalue weighted by Gasteiger charge is 2.20. The molecule has 0 aliphatic carbocycles. The maximum atomic E-state index is 12.9. The third-order valence-electron chi connectivity index (χ3n) is 3.74. The average Bonchev–Trinajstić information content (AvgIpc) is 2.51. The van der Waals surface area contributed by atoms with Crippen LogP contribution < -0.4 is 5.32 Å². The van der Waals surface area contributed by atoms with Crippen LogP contribution in [-0.4, -0.2) is 34.0 Å². The van der Waals surface area contributed by atoms with E-state index in [1.54, 1.807) is 18.6 Å². The maximum absolute atomic E-state index is 12.9. The molecule has 2 heterocycles. The Hall–Kier alpha value is -2.01. The largest absolute Gasteiger partial charge is 0.365 e. The van der Waals surface area contributed by atoms with Crippen molar-refractivity contribution in [3.05, 3.63) is 54.2 Å². The van der Waals surface area contributed by atoms with Crippen LogP contribution in [0.1, 0.15) is 18.4 Å². The number of nitrogens with one attached hydrogen (secondary N) is 1. The molecule has 1 aliphatic heterocycles. The number of piperidine rings is 1. The predicted molar refractivity (Wildman–Crippen MR) is 80.4 cm³/mol. The Morgan fingerprint density at radius 2 is 2.10 bits per heavy atom. The van der Waals surface area contributed by atoms with E-state index in [0.29, 0.717) is 6.04 Å². The molecule has 0 unspecified atom stereocenters. The number of benzene rings is 1. The van der Waals surface area contributed by atoms with Crippen LogP contribution in [0, 0.1) is 5.82 Å². The summed E-state index contributed by atoms with van der Waals surface area (Å²) in [5, 5.41) is 3.43. The molecule has 0 bridgehead atoms. The van der Waals surface area contributed by atoms with Gasteiger partial charge >= 0.3 is 0 Å². The number of hydrogen-bond donors (Lipinski definition) is 1. The number of hydrogen-bond acceptors (Lipinski definition) is 4. The lowest BCUT2D eigenvalue weighted by Crippen LogP contribution is -2.41. The van der Waals surface area contributed by atoms with Gasteiger partial charge in [0.1, 0.15) is 11.6 Å². The molecule has 0 radical (unpaired) electrons. The number of nitrogens with zero attached hydrogens (tertiary/aromatic N) is 3. The number of likely N-dealkylation sites (tertiary alicyclic amines) is 1. The number of rotatable bonds is 4. The van der Waals surface area contributed by atoms with Gasteiger partial charge in [-0.25, -0.2) is 9.37 Å². The van der Waals surface area contributed by atoms with E-state index in [0.717, 1.165) is 43.9 Å². The van der Waals surface area contributed by atoms with Gasteiger partial charge in [0.15, 0.2) is 0 Å². The molecule has 0 amide bonds. The van der Waals surface area contributed by atoms with Gasteiger partial charge in [-0.3, -0.25) is 9.88 Å². The minimum absolute atomic E-state index is 0.181. The van der Waals surface area contributed by atoms with E-state index in [9.17, 15) is 4.39 Å². The number of halogens is 1. The lowest BCUT2D eigenvalue weighted by atomic mass is 10.0. The fourth-order valence-corrected chi connectivity index (χ4v) is 2.75. The highest BCUT2D eigenvalue weighted by atomic mass is 19.1. The molecule has 4 nitrogen and oxygen atoms in total. The van der Waals surface area contributed by atoms with E-state index in [1.165, 1.54) is 12.1 Å². The monoisotopic (exact) mass is 286 g/mol. The fourth-order valence-electron chi connectivity index (χ4n) is 2.75. The van der Waals surface area contributed by atoms with Crippen LogP contribution in [0.3, 0.4) is 0 Å². The molecule has 0 spiro atoms. The van der Waals surface area contributed by atoms with Gasteiger partial charge < -0.3 is 5.32 Å². The molecule has 1 aliphatic rings. The Bertz CT molecular complexity index is 558. The smallest absolute Gasteiger partial charge is 0.144 e. The van der Waals surface area contributed by atoms with E-state index < -0.39 is 0 Å². The molecule has 1 fully saturated rings. The quantitative estimate of drug-likeness (QED) is 0.938. The van der Waals surface area contributed by atoms with Gasteiger partial charge in [0.05, 0.1) is 6.20 Å². The fraction of sp³-hybridized carbons (Fsp3) is 0.375.